The first kappa shape index (κ1) is 14.4. The Morgan fingerprint density at radius 1 is 0.909 bits per heavy atom. The molecule has 0 aliphatic carbocycles. The summed E-state index contributed by atoms with van der Waals surface area (Å²) in [7, 11) is -3.90. The van der Waals surface area contributed by atoms with Crippen LogP contribution in [-0.4, -0.2) is 13.5 Å². The molecule has 3 aromatic carbocycles. The van der Waals surface area contributed by atoms with Crippen LogP contribution in [0, 0.1) is 6.92 Å². The van der Waals surface area contributed by atoms with Crippen molar-refractivity contribution in [3.63, 3.8) is 0 Å². The van der Waals surface area contributed by atoms with Crippen LogP contribution < -0.4 is 4.18 Å². The summed E-state index contributed by atoms with van der Waals surface area (Å²) in [5.41, 5.74) is 0.747. The minimum absolute atomic E-state index is 0.0777. The Morgan fingerprint density at radius 3 is 2.36 bits per heavy atom. The van der Waals surface area contributed by atoms with Gasteiger partial charge in [-0.3, -0.25) is 0 Å². The monoisotopic (exact) mass is 314 g/mol. The molecule has 112 valence electrons. The van der Waals surface area contributed by atoms with Crippen molar-refractivity contribution in [3.05, 3.63) is 66.2 Å². The Hall–Kier alpha value is -2.53. The van der Waals surface area contributed by atoms with Gasteiger partial charge in [0.1, 0.15) is 16.4 Å². The fraction of sp³-hybridized carbons (Fsp3) is 0.0588. The Balaban J connectivity index is 2.02. The quantitative estimate of drug-likeness (QED) is 0.750. The largest absolute Gasteiger partial charge is 0.508 e. The van der Waals surface area contributed by atoms with Crippen LogP contribution in [0.2, 0.25) is 0 Å². The predicted octanol–water partition coefficient (Wildman–Crippen LogP) is 3.62. The lowest BCUT2D eigenvalue weighted by Crippen LogP contribution is -2.10. The molecule has 0 aromatic heterocycles. The van der Waals surface area contributed by atoms with E-state index in [2.05, 4.69) is 0 Å². The number of para-hydroxylation sites is 1. The average Bonchev–Trinajstić information content (AvgIpc) is 2.49. The highest BCUT2D eigenvalue weighted by atomic mass is 32.2. The number of benzene rings is 3. The summed E-state index contributed by atoms with van der Waals surface area (Å²) in [6.45, 7) is 1.79. The van der Waals surface area contributed by atoms with Crippen LogP contribution in [0.3, 0.4) is 0 Å². The molecule has 0 aliphatic rings. The van der Waals surface area contributed by atoms with E-state index in [0.717, 1.165) is 10.9 Å². The first-order valence-corrected chi connectivity index (χ1v) is 8.09. The Labute approximate surface area is 128 Å². The predicted molar refractivity (Wildman–Crippen MR) is 84.6 cm³/mol. The third-order valence-corrected chi connectivity index (χ3v) is 4.61. The second-order valence-corrected chi connectivity index (χ2v) is 6.54. The molecule has 1 N–H and O–H groups in total. The standard InChI is InChI=1S/C17H14O4S/c1-12-4-2-3-5-17(12)21-22(19,20)16-9-7-13-10-15(18)8-6-14(13)11-16/h2-11,18H,1H3. The number of hydrogen-bond donors (Lipinski definition) is 1. The maximum absolute atomic E-state index is 12.4. The zero-order chi connectivity index (χ0) is 15.7. The summed E-state index contributed by atoms with van der Waals surface area (Å²) < 4.78 is 30.0. The van der Waals surface area contributed by atoms with Gasteiger partial charge in [0.2, 0.25) is 0 Å². The molecule has 0 bridgehead atoms. The molecular weight excluding hydrogens is 300 g/mol. The Kier molecular flexibility index (Phi) is 3.50. The molecule has 22 heavy (non-hydrogen) atoms. The highest BCUT2D eigenvalue weighted by Gasteiger charge is 2.18. The molecule has 4 nitrogen and oxygen atoms in total. The molecule has 3 aromatic rings. The molecule has 0 fully saturated rings. The van der Waals surface area contributed by atoms with Crippen LogP contribution in [0.25, 0.3) is 10.8 Å². The smallest absolute Gasteiger partial charge is 0.339 e. The van der Waals surface area contributed by atoms with Gasteiger partial charge in [0.05, 0.1) is 0 Å². The van der Waals surface area contributed by atoms with E-state index in [1.807, 2.05) is 6.07 Å². The first-order valence-electron chi connectivity index (χ1n) is 6.69. The SMILES string of the molecule is Cc1ccccc1OS(=O)(=O)c1ccc2cc(O)ccc2c1. The van der Waals surface area contributed by atoms with E-state index in [9.17, 15) is 13.5 Å². The maximum Gasteiger partial charge on any atom is 0.339 e. The van der Waals surface area contributed by atoms with E-state index in [0.29, 0.717) is 11.1 Å². The van der Waals surface area contributed by atoms with Gasteiger partial charge in [0.15, 0.2) is 0 Å². The van der Waals surface area contributed by atoms with Crippen molar-refractivity contribution >= 4 is 20.9 Å². The highest BCUT2D eigenvalue weighted by molar-refractivity contribution is 7.87. The number of fused-ring (bicyclic) bond motifs is 1. The van der Waals surface area contributed by atoms with Crippen molar-refractivity contribution in [2.45, 2.75) is 11.8 Å². The van der Waals surface area contributed by atoms with Crippen LogP contribution in [-0.2, 0) is 10.1 Å². The molecule has 5 heteroatoms. The lowest BCUT2D eigenvalue weighted by Gasteiger charge is -2.10. The Morgan fingerprint density at radius 2 is 1.59 bits per heavy atom. The second kappa shape index (κ2) is 5.35. The maximum atomic E-state index is 12.4. The van der Waals surface area contributed by atoms with Gasteiger partial charge in [-0.2, -0.15) is 8.42 Å². The van der Waals surface area contributed by atoms with Gasteiger partial charge in [-0.05, 0) is 53.6 Å². The summed E-state index contributed by atoms with van der Waals surface area (Å²) in [6, 6.07) is 16.3. The van der Waals surface area contributed by atoms with Crippen LogP contribution >= 0.6 is 0 Å². The van der Waals surface area contributed by atoms with Crippen LogP contribution in [0.5, 0.6) is 11.5 Å². The van der Waals surface area contributed by atoms with Crippen LogP contribution in [0.4, 0.5) is 0 Å². The molecule has 0 saturated carbocycles. The molecule has 0 spiro atoms. The Bertz CT molecular complexity index is 946. The van der Waals surface area contributed by atoms with E-state index >= 15 is 0 Å². The number of hydrogen-bond acceptors (Lipinski definition) is 4. The third-order valence-electron chi connectivity index (χ3n) is 3.38. The van der Waals surface area contributed by atoms with Gasteiger partial charge in [0.25, 0.3) is 0 Å². The lowest BCUT2D eigenvalue weighted by molar-refractivity contribution is 0.476. The second-order valence-electron chi connectivity index (χ2n) is 5.00. The number of phenolic OH excluding ortho intramolecular Hbond substituents is 1. The summed E-state index contributed by atoms with van der Waals surface area (Å²) in [5, 5.41) is 10.9. The first-order chi connectivity index (χ1) is 10.5. The van der Waals surface area contributed by atoms with Crippen LogP contribution in [0.1, 0.15) is 5.56 Å². The molecule has 0 unspecified atom stereocenters. The minimum Gasteiger partial charge on any atom is -0.508 e. The van der Waals surface area contributed by atoms with E-state index in [4.69, 9.17) is 4.18 Å². The molecule has 0 aliphatic heterocycles. The van der Waals surface area contributed by atoms with E-state index in [1.165, 1.54) is 18.2 Å². The topological polar surface area (TPSA) is 63.6 Å². The molecule has 0 radical (unpaired) electrons. The van der Waals surface area contributed by atoms with E-state index < -0.39 is 10.1 Å². The van der Waals surface area contributed by atoms with Crippen molar-refractivity contribution < 1.29 is 17.7 Å². The van der Waals surface area contributed by atoms with Crippen molar-refractivity contribution in [1.82, 2.24) is 0 Å². The molecule has 3 rings (SSSR count). The van der Waals surface area contributed by atoms with Gasteiger partial charge in [-0.25, -0.2) is 0 Å². The minimum atomic E-state index is -3.90. The summed E-state index contributed by atoms with van der Waals surface area (Å²) in [5.74, 6) is 0.451. The van der Waals surface area contributed by atoms with E-state index in [1.54, 1.807) is 43.3 Å². The number of phenols is 1. The number of aromatic hydroxyl groups is 1. The molecule has 0 heterocycles. The summed E-state index contributed by atoms with van der Waals surface area (Å²) >= 11 is 0. The number of aryl methyl sites for hydroxylation is 1. The van der Waals surface area contributed by atoms with E-state index in [-0.39, 0.29) is 10.6 Å². The zero-order valence-electron chi connectivity index (χ0n) is 11.9. The highest BCUT2D eigenvalue weighted by Crippen LogP contribution is 2.26. The summed E-state index contributed by atoms with van der Waals surface area (Å²) in [6.07, 6.45) is 0. The normalized spacial score (nSPS) is 11.5. The fourth-order valence-corrected chi connectivity index (χ4v) is 3.21. The number of rotatable bonds is 3. The van der Waals surface area contributed by atoms with Crippen molar-refractivity contribution in [3.8, 4) is 11.5 Å². The molecule has 0 atom stereocenters. The van der Waals surface area contributed by atoms with Gasteiger partial charge in [0, 0.05) is 0 Å². The average molecular weight is 314 g/mol. The van der Waals surface area contributed by atoms with Gasteiger partial charge in [-0.15, -0.1) is 0 Å². The van der Waals surface area contributed by atoms with Gasteiger partial charge < -0.3 is 9.29 Å². The van der Waals surface area contributed by atoms with Gasteiger partial charge in [-0.1, -0.05) is 30.3 Å². The fourth-order valence-electron chi connectivity index (χ4n) is 2.18. The van der Waals surface area contributed by atoms with Crippen molar-refractivity contribution in [2.75, 3.05) is 0 Å². The zero-order valence-corrected chi connectivity index (χ0v) is 12.7. The van der Waals surface area contributed by atoms with Crippen molar-refractivity contribution in [2.24, 2.45) is 0 Å². The molecular formula is C17H14O4S. The molecule has 0 amide bonds. The lowest BCUT2D eigenvalue weighted by atomic mass is 10.1. The van der Waals surface area contributed by atoms with Crippen LogP contribution in [0.15, 0.2) is 65.6 Å². The third kappa shape index (κ3) is 2.76. The molecule has 0 saturated heterocycles. The van der Waals surface area contributed by atoms with Gasteiger partial charge >= 0.3 is 10.1 Å². The summed E-state index contributed by atoms with van der Waals surface area (Å²) in [4.78, 5) is 0.0777. The van der Waals surface area contributed by atoms with Crippen molar-refractivity contribution in [1.29, 1.82) is 0 Å².